The molecular formula is C13H23N3O. The quantitative estimate of drug-likeness (QED) is 0.749. The zero-order valence-corrected chi connectivity index (χ0v) is 10.9. The van der Waals surface area contributed by atoms with Gasteiger partial charge in [0.15, 0.2) is 0 Å². The Balaban J connectivity index is 1.72. The Morgan fingerprint density at radius 3 is 3.00 bits per heavy atom. The first-order valence-electron chi connectivity index (χ1n) is 6.49. The van der Waals surface area contributed by atoms with Gasteiger partial charge in [-0.25, -0.2) is 4.98 Å². The molecule has 0 saturated heterocycles. The van der Waals surface area contributed by atoms with Gasteiger partial charge in [-0.05, 0) is 31.6 Å². The fourth-order valence-corrected chi connectivity index (χ4v) is 2.25. The lowest BCUT2D eigenvalue weighted by Crippen LogP contribution is -2.26. The van der Waals surface area contributed by atoms with E-state index in [0.717, 1.165) is 32.1 Å². The first-order chi connectivity index (χ1) is 8.29. The standard InChI is InChI=1S/C13H23N3O/c1-3-16-8-7-15-12(16)10-14-11-13(4-5-13)6-9-17-2/h7-8,14H,3-6,9-11H2,1-2H3. The molecule has 96 valence electrons. The minimum absolute atomic E-state index is 0.514. The third-order valence-corrected chi connectivity index (χ3v) is 3.72. The van der Waals surface area contributed by atoms with Gasteiger partial charge in [0.05, 0.1) is 6.54 Å². The predicted octanol–water partition coefficient (Wildman–Crippen LogP) is 1.81. The number of imidazole rings is 1. The SMILES string of the molecule is CCn1ccnc1CNCC1(CCOC)CC1. The molecule has 0 aliphatic heterocycles. The Morgan fingerprint density at radius 1 is 1.53 bits per heavy atom. The van der Waals surface area contributed by atoms with Crippen LogP contribution in [0.15, 0.2) is 12.4 Å². The molecule has 1 heterocycles. The van der Waals surface area contributed by atoms with Crippen LogP contribution in [0.4, 0.5) is 0 Å². The Labute approximate surface area is 103 Å². The normalized spacial score (nSPS) is 17.3. The highest BCUT2D eigenvalue weighted by Gasteiger charge is 2.41. The van der Waals surface area contributed by atoms with E-state index in [4.69, 9.17) is 4.74 Å². The predicted molar refractivity (Wildman–Crippen MR) is 67.8 cm³/mol. The molecule has 0 spiro atoms. The molecule has 1 aliphatic carbocycles. The number of rotatable bonds is 8. The van der Waals surface area contributed by atoms with E-state index in [0.29, 0.717) is 5.41 Å². The highest BCUT2D eigenvalue weighted by Crippen LogP contribution is 2.48. The molecule has 1 fully saturated rings. The molecule has 0 bridgehead atoms. The summed E-state index contributed by atoms with van der Waals surface area (Å²) in [6, 6.07) is 0. The number of nitrogens with zero attached hydrogens (tertiary/aromatic N) is 2. The van der Waals surface area contributed by atoms with Gasteiger partial charge < -0.3 is 14.6 Å². The average Bonchev–Trinajstić information content (AvgIpc) is 2.96. The number of nitrogens with one attached hydrogen (secondary N) is 1. The lowest BCUT2D eigenvalue weighted by molar-refractivity contribution is 0.171. The summed E-state index contributed by atoms with van der Waals surface area (Å²) in [4.78, 5) is 4.36. The van der Waals surface area contributed by atoms with Crippen molar-refractivity contribution in [3.63, 3.8) is 0 Å². The number of aryl methyl sites for hydroxylation is 1. The van der Waals surface area contributed by atoms with Gasteiger partial charge in [-0.2, -0.15) is 0 Å². The van der Waals surface area contributed by atoms with Crippen LogP contribution in [-0.2, 0) is 17.8 Å². The van der Waals surface area contributed by atoms with Gasteiger partial charge in [-0.1, -0.05) is 0 Å². The van der Waals surface area contributed by atoms with Crippen LogP contribution < -0.4 is 5.32 Å². The fraction of sp³-hybridized carbons (Fsp3) is 0.769. The van der Waals surface area contributed by atoms with Crippen molar-refractivity contribution in [3.05, 3.63) is 18.2 Å². The lowest BCUT2D eigenvalue weighted by Gasteiger charge is -2.15. The second-order valence-electron chi connectivity index (χ2n) is 4.98. The number of ether oxygens (including phenoxy) is 1. The summed E-state index contributed by atoms with van der Waals surface area (Å²) in [5.74, 6) is 1.13. The molecule has 0 aromatic carbocycles. The smallest absolute Gasteiger partial charge is 0.122 e. The van der Waals surface area contributed by atoms with Gasteiger partial charge in [-0.15, -0.1) is 0 Å². The van der Waals surface area contributed by atoms with Crippen molar-refractivity contribution < 1.29 is 4.74 Å². The van der Waals surface area contributed by atoms with Gasteiger partial charge in [0, 0.05) is 39.2 Å². The van der Waals surface area contributed by atoms with Crippen molar-refractivity contribution in [1.82, 2.24) is 14.9 Å². The van der Waals surface area contributed by atoms with E-state index in [9.17, 15) is 0 Å². The summed E-state index contributed by atoms with van der Waals surface area (Å²) in [7, 11) is 1.78. The molecular weight excluding hydrogens is 214 g/mol. The highest BCUT2D eigenvalue weighted by molar-refractivity contribution is 4.96. The van der Waals surface area contributed by atoms with E-state index in [2.05, 4.69) is 21.8 Å². The van der Waals surface area contributed by atoms with Crippen LogP contribution in [0.1, 0.15) is 32.0 Å². The molecule has 4 heteroatoms. The van der Waals surface area contributed by atoms with Crippen LogP contribution in [0.25, 0.3) is 0 Å². The maximum absolute atomic E-state index is 5.16. The summed E-state index contributed by atoms with van der Waals surface area (Å²) in [6.45, 7) is 5.98. The first kappa shape index (κ1) is 12.6. The summed E-state index contributed by atoms with van der Waals surface area (Å²) >= 11 is 0. The van der Waals surface area contributed by atoms with Gasteiger partial charge in [-0.3, -0.25) is 0 Å². The number of hydrogen-bond acceptors (Lipinski definition) is 3. The molecule has 0 radical (unpaired) electrons. The van der Waals surface area contributed by atoms with Crippen molar-refractivity contribution in [1.29, 1.82) is 0 Å². The van der Waals surface area contributed by atoms with Crippen LogP contribution >= 0.6 is 0 Å². The topological polar surface area (TPSA) is 39.1 Å². The molecule has 1 aliphatic rings. The maximum atomic E-state index is 5.16. The zero-order chi connectivity index (χ0) is 12.1. The second-order valence-corrected chi connectivity index (χ2v) is 4.98. The van der Waals surface area contributed by atoms with Crippen molar-refractivity contribution in [2.45, 2.75) is 39.3 Å². The van der Waals surface area contributed by atoms with E-state index >= 15 is 0 Å². The van der Waals surface area contributed by atoms with Crippen LogP contribution in [0, 0.1) is 5.41 Å². The third-order valence-electron chi connectivity index (χ3n) is 3.72. The Bertz CT molecular complexity index is 344. The van der Waals surface area contributed by atoms with Gasteiger partial charge in [0.25, 0.3) is 0 Å². The van der Waals surface area contributed by atoms with Crippen LogP contribution in [0.3, 0.4) is 0 Å². The molecule has 1 saturated carbocycles. The minimum Gasteiger partial charge on any atom is -0.385 e. The molecule has 1 aromatic heterocycles. The number of aromatic nitrogens is 2. The zero-order valence-electron chi connectivity index (χ0n) is 10.9. The summed E-state index contributed by atoms with van der Waals surface area (Å²) in [5, 5.41) is 3.54. The van der Waals surface area contributed by atoms with Crippen molar-refractivity contribution in [2.24, 2.45) is 5.41 Å². The van der Waals surface area contributed by atoms with Crippen molar-refractivity contribution >= 4 is 0 Å². The molecule has 4 nitrogen and oxygen atoms in total. The Kier molecular flexibility index (Phi) is 4.18. The molecule has 2 rings (SSSR count). The van der Waals surface area contributed by atoms with E-state index in [-0.39, 0.29) is 0 Å². The average molecular weight is 237 g/mol. The van der Waals surface area contributed by atoms with E-state index < -0.39 is 0 Å². The van der Waals surface area contributed by atoms with Crippen molar-refractivity contribution in [3.8, 4) is 0 Å². The largest absolute Gasteiger partial charge is 0.385 e. The van der Waals surface area contributed by atoms with Gasteiger partial charge >= 0.3 is 0 Å². The van der Waals surface area contributed by atoms with Crippen LogP contribution in [0.2, 0.25) is 0 Å². The molecule has 17 heavy (non-hydrogen) atoms. The second kappa shape index (κ2) is 5.65. The molecule has 0 atom stereocenters. The summed E-state index contributed by atoms with van der Waals surface area (Å²) < 4.78 is 7.34. The lowest BCUT2D eigenvalue weighted by atomic mass is 10.0. The van der Waals surface area contributed by atoms with E-state index in [1.54, 1.807) is 7.11 Å². The number of hydrogen-bond donors (Lipinski definition) is 1. The van der Waals surface area contributed by atoms with Crippen LogP contribution in [0.5, 0.6) is 0 Å². The maximum Gasteiger partial charge on any atom is 0.122 e. The molecule has 1 N–H and O–H groups in total. The van der Waals surface area contributed by atoms with Gasteiger partial charge in [0.2, 0.25) is 0 Å². The third kappa shape index (κ3) is 3.30. The molecule has 1 aromatic rings. The number of methoxy groups -OCH3 is 1. The van der Waals surface area contributed by atoms with Gasteiger partial charge in [0.1, 0.15) is 5.82 Å². The Hall–Kier alpha value is -0.870. The minimum atomic E-state index is 0.514. The first-order valence-corrected chi connectivity index (χ1v) is 6.49. The monoisotopic (exact) mass is 237 g/mol. The van der Waals surface area contributed by atoms with E-state index in [1.165, 1.54) is 19.3 Å². The van der Waals surface area contributed by atoms with Crippen molar-refractivity contribution in [2.75, 3.05) is 20.3 Å². The Morgan fingerprint density at radius 2 is 2.35 bits per heavy atom. The summed E-state index contributed by atoms with van der Waals surface area (Å²) in [6.07, 6.45) is 7.77. The highest BCUT2D eigenvalue weighted by atomic mass is 16.5. The van der Waals surface area contributed by atoms with Crippen LogP contribution in [-0.4, -0.2) is 29.8 Å². The molecule has 0 amide bonds. The molecule has 0 unspecified atom stereocenters. The van der Waals surface area contributed by atoms with E-state index in [1.807, 2.05) is 12.4 Å². The fourth-order valence-electron chi connectivity index (χ4n) is 2.25. The summed E-state index contributed by atoms with van der Waals surface area (Å²) in [5.41, 5.74) is 0.514.